The van der Waals surface area contributed by atoms with Gasteiger partial charge in [-0.25, -0.2) is 4.39 Å². The largest absolute Gasteiger partial charge is 0.383 e. The summed E-state index contributed by atoms with van der Waals surface area (Å²) < 4.78 is 12.6. The predicted octanol–water partition coefficient (Wildman–Crippen LogP) is 1.93. The molecule has 0 N–H and O–H groups in total. The van der Waals surface area contributed by atoms with Gasteiger partial charge in [-0.05, 0) is 17.7 Å². The molecular formula is C11H12FNO. The van der Waals surface area contributed by atoms with Gasteiger partial charge in [-0.15, -0.1) is 0 Å². The highest BCUT2D eigenvalue weighted by atomic mass is 19.1. The van der Waals surface area contributed by atoms with Gasteiger partial charge in [0.15, 0.2) is 6.29 Å². The standard InChI is InChI=1S/C11H12FNO/c1-13(2)7-10(8-14)9-3-5-11(12)6-4-9/h3-8H,1-2H3/b10-7+. The van der Waals surface area contributed by atoms with E-state index in [0.717, 1.165) is 11.8 Å². The molecule has 0 aromatic heterocycles. The predicted molar refractivity (Wildman–Crippen MR) is 54.1 cm³/mol. The van der Waals surface area contributed by atoms with Gasteiger partial charge in [0.05, 0.1) is 0 Å². The van der Waals surface area contributed by atoms with Crippen LogP contribution in [0.5, 0.6) is 0 Å². The average molecular weight is 193 g/mol. The van der Waals surface area contributed by atoms with Crippen molar-refractivity contribution in [1.29, 1.82) is 0 Å². The van der Waals surface area contributed by atoms with E-state index >= 15 is 0 Å². The maximum absolute atomic E-state index is 12.6. The van der Waals surface area contributed by atoms with Crippen LogP contribution in [-0.2, 0) is 4.79 Å². The number of halogens is 1. The first-order chi connectivity index (χ1) is 6.63. The molecule has 2 nitrogen and oxygen atoms in total. The fraction of sp³-hybridized carbons (Fsp3) is 0.182. The van der Waals surface area contributed by atoms with Gasteiger partial charge in [-0.2, -0.15) is 0 Å². The first kappa shape index (κ1) is 10.4. The number of aldehydes is 1. The van der Waals surface area contributed by atoms with Crippen molar-refractivity contribution in [1.82, 2.24) is 4.90 Å². The molecule has 0 unspecified atom stereocenters. The lowest BCUT2D eigenvalue weighted by molar-refractivity contribution is -0.103. The van der Waals surface area contributed by atoms with Crippen molar-refractivity contribution in [3.05, 3.63) is 41.8 Å². The normalized spacial score (nSPS) is 11.2. The van der Waals surface area contributed by atoms with Gasteiger partial charge in [0.25, 0.3) is 0 Å². The lowest BCUT2D eigenvalue weighted by Gasteiger charge is -2.07. The molecule has 0 saturated heterocycles. The molecule has 0 heterocycles. The molecule has 0 amide bonds. The number of allylic oxidation sites excluding steroid dienone is 1. The minimum Gasteiger partial charge on any atom is -0.383 e. The monoisotopic (exact) mass is 193 g/mol. The summed E-state index contributed by atoms with van der Waals surface area (Å²) in [5, 5.41) is 0. The third kappa shape index (κ3) is 2.69. The van der Waals surface area contributed by atoms with Crippen LogP contribution in [0.2, 0.25) is 0 Å². The second-order valence-electron chi connectivity index (χ2n) is 3.17. The van der Waals surface area contributed by atoms with Crippen molar-refractivity contribution in [2.45, 2.75) is 0 Å². The number of rotatable bonds is 3. The van der Waals surface area contributed by atoms with E-state index in [1.54, 1.807) is 23.2 Å². The zero-order chi connectivity index (χ0) is 10.6. The molecule has 1 aromatic rings. The highest BCUT2D eigenvalue weighted by Gasteiger charge is 2.00. The molecule has 3 heteroatoms. The molecule has 0 radical (unpaired) electrons. The van der Waals surface area contributed by atoms with Crippen molar-refractivity contribution in [2.24, 2.45) is 0 Å². The Morgan fingerprint density at radius 2 is 1.86 bits per heavy atom. The summed E-state index contributed by atoms with van der Waals surface area (Å²) >= 11 is 0. The number of hydrogen-bond acceptors (Lipinski definition) is 2. The van der Waals surface area contributed by atoms with Crippen LogP contribution < -0.4 is 0 Å². The Kier molecular flexibility index (Phi) is 3.40. The second-order valence-corrected chi connectivity index (χ2v) is 3.17. The van der Waals surface area contributed by atoms with Crippen LogP contribution in [0.3, 0.4) is 0 Å². The third-order valence-electron chi connectivity index (χ3n) is 1.70. The molecule has 1 aromatic carbocycles. The first-order valence-corrected chi connectivity index (χ1v) is 4.23. The Hall–Kier alpha value is -1.64. The number of carbonyl (C=O) groups is 1. The molecule has 74 valence electrons. The lowest BCUT2D eigenvalue weighted by atomic mass is 10.1. The van der Waals surface area contributed by atoms with Crippen LogP contribution >= 0.6 is 0 Å². The summed E-state index contributed by atoms with van der Waals surface area (Å²) in [6.07, 6.45) is 2.45. The number of benzene rings is 1. The van der Waals surface area contributed by atoms with E-state index < -0.39 is 0 Å². The molecule has 0 aliphatic rings. The molecule has 0 aliphatic heterocycles. The second kappa shape index (κ2) is 4.56. The van der Waals surface area contributed by atoms with Crippen LogP contribution in [0.1, 0.15) is 5.56 Å². The molecule has 0 fully saturated rings. The maximum Gasteiger partial charge on any atom is 0.152 e. The van der Waals surface area contributed by atoms with E-state index in [1.165, 1.54) is 12.1 Å². The van der Waals surface area contributed by atoms with E-state index in [4.69, 9.17) is 0 Å². The van der Waals surface area contributed by atoms with Crippen molar-refractivity contribution in [3.63, 3.8) is 0 Å². The molecule has 0 bridgehead atoms. The molecule has 14 heavy (non-hydrogen) atoms. The molecular weight excluding hydrogens is 181 g/mol. The molecule has 0 saturated carbocycles. The SMILES string of the molecule is CN(C)/C=C(\C=O)c1ccc(F)cc1. The Morgan fingerprint density at radius 3 is 2.29 bits per heavy atom. The van der Waals surface area contributed by atoms with Gasteiger partial charge in [0.1, 0.15) is 5.82 Å². The summed E-state index contributed by atoms with van der Waals surface area (Å²) in [5.41, 5.74) is 1.25. The Morgan fingerprint density at radius 1 is 1.29 bits per heavy atom. The van der Waals surface area contributed by atoms with Crippen molar-refractivity contribution < 1.29 is 9.18 Å². The van der Waals surface area contributed by atoms with Gasteiger partial charge < -0.3 is 4.90 Å². The fourth-order valence-electron chi connectivity index (χ4n) is 1.09. The van der Waals surface area contributed by atoms with Crippen molar-refractivity contribution in [2.75, 3.05) is 14.1 Å². The first-order valence-electron chi connectivity index (χ1n) is 4.23. The van der Waals surface area contributed by atoms with E-state index in [1.807, 2.05) is 14.1 Å². The van der Waals surface area contributed by atoms with Gasteiger partial charge in [-0.3, -0.25) is 4.79 Å². The van der Waals surface area contributed by atoms with Crippen molar-refractivity contribution >= 4 is 11.9 Å². The number of carbonyl (C=O) groups excluding carboxylic acids is 1. The van der Waals surface area contributed by atoms with E-state index in [2.05, 4.69) is 0 Å². The minimum absolute atomic E-state index is 0.302. The summed E-state index contributed by atoms with van der Waals surface area (Å²) in [5.74, 6) is -0.302. The Bertz CT molecular complexity index is 341. The Balaban J connectivity index is 3.01. The number of hydrogen-bond donors (Lipinski definition) is 0. The van der Waals surface area contributed by atoms with Crippen LogP contribution in [-0.4, -0.2) is 25.3 Å². The zero-order valence-electron chi connectivity index (χ0n) is 8.20. The van der Waals surface area contributed by atoms with Crippen LogP contribution in [0.25, 0.3) is 5.57 Å². The van der Waals surface area contributed by atoms with Gasteiger partial charge >= 0.3 is 0 Å². The maximum atomic E-state index is 12.6. The smallest absolute Gasteiger partial charge is 0.152 e. The third-order valence-corrected chi connectivity index (χ3v) is 1.70. The highest BCUT2D eigenvalue weighted by molar-refractivity contribution is 6.06. The summed E-state index contributed by atoms with van der Waals surface area (Å²) in [6.45, 7) is 0. The van der Waals surface area contributed by atoms with E-state index in [-0.39, 0.29) is 5.82 Å². The van der Waals surface area contributed by atoms with E-state index in [9.17, 15) is 9.18 Å². The van der Waals surface area contributed by atoms with Crippen molar-refractivity contribution in [3.8, 4) is 0 Å². The fourth-order valence-corrected chi connectivity index (χ4v) is 1.09. The van der Waals surface area contributed by atoms with E-state index in [0.29, 0.717) is 5.57 Å². The van der Waals surface area contributed by atoms with Crippen LogP contribution in [0, 0.1) is 5.82 Å². The minimum atomic E-state index is -0.302. The zero-order valence-corrected chi connectivity index (χ0v) is 8.20. The average Bonchev–Trinajstić information content (AvgIpc) is 2.15. The van der Waals surface area contributed by atoms with Crippen LogP contribution in [0.4, 0.5) is 4.39 Å². The summed E-state index contributed by atoms with van der Waals surface area (Å²) in [4.78, 5) is 12.5. The van der Waals surface area contributed by atoms with Gasteiger partial charge in [0.2, 0.25) is 0 Å². The summed E-state index contributed by atoms with van der Waals surface area (Å²) in [6, 6.07) is 5.84. The molecule has 0 atom stereocenters. The van der Waals surface area contributed by atoms with Gasteiger partial charge in [0, 0.05) is 25.9 Å². The quantitative estimate of drug-likeness (QED) is 0.540. The topological polar surface area (TPSA) is 20.3 Å². The van der Waals surface area contributed by atoms with Gasteiger partial charge in [-0.1, -0.05) is 12.1 Å². The molecule has 0 aliphatic carbocycles. The molecule has 0 spiro atoms. The highest BCUT2D eigenvalue weighted by Crippen LogP contribution is 2.12. The summed E-state index contributed by atoms with van der Waals surface area (Å²) in [7, 11) is 3.65. The van der Waals surface area contributed by atoms with Crippen LogP contribution in [0.15, 0.2) is 30.5 Å². The molecule has 1 rings (SSSR count). The Labute approximate surface area is 82.7 Å². The number of nitrogens with zero attached hydrogens (tertiary/aromatic N) is 1. The lowest BCUT2D eigenvalue weighted by Crippen LogP contribution is -2.03.